The maximum absolute atomic E-state index is 8.91. The minimum atomic E-state index is 0.630. The molecule has 4 nitrogen and oxygen atoms in total. The van der Waals surface area contributed by atoms with E-state index >= 15 is 0 Å². The fourth-order valence-corrected chi connectivity index (χ4v) is 3.40. The molecule has 0 radical (unpaired) electrons. The molecular weight excluding hydrogens is 372 g/mol. The Balaban J connectivity index is 1.43. The normalized spacial score (nSPS) is 10.7. The van der Waals surface area contributed by atoms with Crippen LogP contribution in [0.2, 0.25) is 0 Å². The highest BCUT2D eigenvalue weighted by atomic mass is 16.5. The topological polar surface area (TPSA) is 59.0 Å². The molecule has 0 amide bonds. The zero-order chi connectivity index (χ0) is 21.0. The first-order valence-corrected chi connectivity index (χ1v) is 11.0. The minimum Gasteiger partial charge on any atom is -0.494 e. The van der Waals surface area contributed by atoms with Crippen molar-refractivity contribution in [1.82, 2.24) is 5.16 Å². The monoisotopic (exact) mass is 402 g/mol. The van der Waals surface area contributed by atoms with E-state index in [4.69, 9.17) is 14.5 Å². The molecule has 0 aliphatic rings. The second-order valence-corrected chi connectivity index (χ2v) is 7.61. The van der Waals surface area contributed by atoms with Crippen LogP contribution in [-0.2, 0) is 0 Å². The second kappa shape index (κ2) is 11.8. The van der Waals surface area contributed by atoms with Crippen LogP contribution in [0.25, 0.3) is 22.6 Å². The van der Waals surface area contributed by atoms with Crippen LogP contribution in [0.4, 0.5) is 0 Å². The second-order valence-electron chi connectivity index (χ2n) is 7.61. The quantitative estimate of drug-likeness (QED) is 0.296. The van der Waals surface area contributed by atoms with E-state index < -0.39 is 0 Å². The van der Waals surface area contributed by atoms with Gasteiger partial charge in [-0.3, -0.25) is 0 Å². The Labute approximate surface area is 179 Å². The molecule has 0 aliphatic carbocycles. The number of hydrogen-bond donors (Lipinski definition) is 0. The Bertz CT molecular complexity index is 921. The summed E-state index contributed by atoms with van der Waals surface area (Å²) in [4.78, 5) is 0. The highest BCUT2D eigenvalue weighted by Gasteiger charge is 2.09. The molecule has 2 aromatic carbocycles. The van der Waals surface area contributed by atoms with Crippen LogP contribution in [0.3, 0.4) is 0 Å². The Morgan fingerprint density at radius 3 is 2.13 bits per heavy atom. The number of aromatic nitrogens is 1. The van der Waals surface area contributed by atoms with E-state index in [9.17, 15) is 0 Å². The van der Waals surface area contributed by atoms with E-state index in [0.717, 1.165) is 35.6 Å². The third-order valence-corrected chi connectivity index (χ3v) is 5.23. The summed E-state index contributed by atoms with van der Waals surface area (Å²) in [6.07, 6.45) is 10.4. The van der Waals surface area contributed by atoms with Crippen molar-refractivity contribution >= 4 is 0 Å². The molecule has 0 N–H and O–H groups in total. The molecular formula is C26H30N2O2. The molecule has 3 aromatic rings. The summed E-state index contributed by atoms with van der Waals surface area (Å²) in [5, 5.41) is 13.1. The van der Waals surface area contributed by atoms with Gasteiger partial charge in [-0.1, -0.05) is 69.2 Å². The molecule has 3 rings (SSSR count). The first-order chi connectivity index (χ1) is 14.8. The van der Waals surface area contributed by atoms with Crippen LogP contribution in [-0.4, -0.2) is 11.8 Å². The van der Waals surface area contributed by atoms with Gasteiger partial charge < -0.3 is 9.26 Å². The summed E-state index contributed by atoms with van der Waals surface area (Å²) < 4.78 is 11.4. The van der Waals surface area contributed by atoms with Gasteiger partial charge in [0.15, 0.2) is 5.76 Å². The van der Waals surface area contributed by atoms with Crippen LogP contribution in [0, 0.1) is 11.3 Å². The maximum atomic E-state index is 8.91. The molecule has 1 heterocycles. The smallest absolute Gasteiger partial charge is 0.167 e. The molecule has 1 aromatic heterocycles. The number of hydrogen-bond acceptors (Lipinski definition) is 4. The number of nitriles is 1. The fraction of sp³-hybridized carbons (Fsp3) is 0.385. The number of ether oxygens (including phenoxy) is 1. The zero-order valence-corrected chi connectivity index (χ0v) is 17.8. The third-order valence-electron chi connectivity index (χ3n) is 5.23. The van der Waals surface area contributed by atoms with Crippen LogP contribution in [0.5, 0.6) is 5.75 Å². The molecule has 0 aliphatic heterocycles. The summed E-state index contributed by atoms with van der Waals surface area (Å²) in [6, 6.07) is 19.3. The Morgan fingerprint density at radius 1 is 0.833 bits per heavy atom. The molecule has 30 heavy (non-hydrogen) atoms. The van der Waals surface area contributed by atoms with Gasteiger partial charge in [-0.25, -0.2) is 0 Å². The van der Waals surface area contributed by atoms with E-state index in [1.165, 1.54) is 44.9 Å². The average Bonchev–Trinajstić information content (AvgIpc) is 3.29. The molecule has 0 saturated carbocycles. The molecule has 0 atom stereocenters. The summed E-state index contributed by atoms with van der Waals surface area (Å²) in [5.74, 6) is 1.59. The largest absolute Gasteiger partial charge is 0.494 e. The standard InChI is InChI=1S/C26H30N2O2/c1-2-3-4-5-6-7-8-9-18-29-24-16-14-23(15-17-24)26-19-25(28-30-26)22-12-10-21(20-27)11-13-22/h10-17,19H,2-9,18H2,1H3. The van der Waals surface area contributed by atoms with Gasteiger partial charge in [-0.15, -0.1) is 0 Å². The van der Waals surface area contributed by atoms with Crippen LogP contribution >= 0.6 is 0 Å². The lowest BCUT2D eigenvalue weighted by Crippen LogP contribution is -1.97. The fourth-order valence-electron chi connectivity index (χ4n) is 3.40. The lowest BCUT2D eigenvalue weighted by atomic mass is 10.1. The molecule has 0 saturated heterocycles. The average molecular weight is 403 g/mol. The lowest BCUT2D eigenvalue weighted by Gasteiger charge is -2.06. The molecule has 0 fully saturated rings. The van der Waals surface area contributed by atoms with Crippen molar-refractivity contribution in [1.29, 1.82) is 5.26 Å². The lowest BCUT2D eigenvalue weighted by molar-refractivity contribution is 0.304. The number of nitrogens with zero attached hydrogens (tertiary/aromatic N) is 2. The van der Waals surface area contributed by atoms with Crippen LogP contribution < -0.4 is 4.74 Å². The third kappa shape index (κ3) is 6.49. The Kier molecular flexibility index (Phi) is 8.53. The van der Waals surface area contributed by atoms with Crippen molar-refractivity contribution < 1.29 is 9.26 Å². The van der Waals surface area contributed by atoms with Crippen LogP contribution in [0.1, 0.15) is 63.9 Å². The van der Waals surface area contributed by atoms with E-state index in [0.29, 0.717) is 11.3 Å². The SMILES string of the molecule is CCCCCCCCCCOc1ccc(-c2cc(-c3ccc(C#N)cc3)no2)cc1. The summed E-state index contributed by atoms with van der Waals surface area (Å²) in [7, 11) is 0. The van der Waals surface area contributed by atoms with Gasteiger partial charge in [0.2, 0.25) is 0 Å². The number of rotatable bonds is 12. The van der Waals surface area contributed by atoms with E-state index in [1.807, 2.05) is 42.5 Å². The maximum Gasteiger partial charge on any atom is 0.167 e. The predicted molar refractivity (Wildman–Crippen MR) is 120 cm³/mol. The highest BCUT2D eigenvalue weighted by Crippen LogP contribution is 2.27. The van der Waals surface area contributed by atoms with Gasteiger partial charge >= 0.3 is 0 Å². The first kappa shape index (κ1) is 21.6. The van der Waals surface area contributed by atoms with Gasteiger partial charge in [0.05, 0.1) is 18.2 Å². The molecule has 0 unspecified atom stereocenters. The van der Waals surface area contributed by atoms with Gasteiger partial charge in [0.25, 0.3) is 0 Å². The first-order valence-electron chi connectivity index (χ1n) is 11.0. The van der Waals surface area contributed by atoms with Crippen LogP contribution in [0.15, 0.2) is 59.1 Å². The number of benzene rings is 2. The number of unbranched alkanes of at least 4 members (excludes halogenated alkanes) is 7. The Hall–Kier alpha value is -3.06. The van der Waals surface area contributed by atoms with E-state index in [2.05, 4.69) is 18.1 Å². The minimum absolute atomic E-state index is 0.630. The van der Waals surface area contributed by atoms with E-state index in [-0.39, 0.29) is 0 Å². The van der Waals surface area contributed by atoms with Crippen molar-refractivity contribution in [2.75, 3.05) is 6.61 Å². The van der Waals surface area contributed by atoms with Gasteiger partial charge in [0.1, 0.15) is 11.4 Å². The van der Waals surface area contributed by atoms with Gasteiger partial charge in [-0.05, 0) is 42.8 Å². The Morgan fingerprint density at radius 2 is 1.47 bits per heavy atom. The molecule has 156 valence electrons. The summed E-state index contributed by atoms with van der Waals surface area (Å²) in [6.45, 7) is 3.02. The van der Waals surface area contributed by atoms with E-state index in [1.54, 1.807) is 12.1 Å². The van der Waals surface area contributed by atoms with Gasteiger partial charge in [-0.2, -0.15) is 5.26 Å². The molecule has 0 spiro atoms. The van der Waals surface area contributed by atoms with Crippen molar-refractivity contribution in [3.8, 4) is 34.4 Å². The molecule has 0 bridgehead atoms. The summed E-state index contributed by atoms with van der Waals surface area (Å²) >= 11 is 0. The highest BCUT2D eigenvalue weighted by molar-refractivity contribution is 5.67. The van der Waals surface area contributed by atoms with Crippen molar-refractivity contribution in [3.05, 3.63) is 60.2 Å². The van der Waals surface area contributed by atoms with Crippen molar-refractivity contribution in [2.24, 2.45) is 0 Å². The predicted octanol–water partition coefficient (Wildman–Crippen LogP) is 7.40. The zero-order valence-electron chi connectivity index (χ0n) is 17.8. The molecule has 4 heteroatoms. The van der Waals surface area contributed by atoms with Crippen molar-refractivity contribution in [2.45, 2.75) is 58.3 Å². The summed E-state index contributed by atoms with van der Waals surface area (Å²) in [5.41, 5.74) is 3.27. The van der Waals surface area contributed by atoms with Crippen molar-refractivity contribution in [3.63, 3.8) is 0 Å². The van der Waals surface area contributed by atoms with Gasteiger partial charge in [0, 0.05) is 17.2 Å².